The first-order valence-electron chi connectivity index (χ1n) is 5.81. The molecule has 2 N–H and O–H groups in total. The van der Waals surface area contributed by atoms with Gasteiger partial charge in [-0.3, -0.25) is 4.68 Å². The molecule has 0 radical (unpaired) electrons. The highest BCUT2D eigenvalue weighted by molar-refractivity contribution is 5.23. The molecule has 2 rings (SSSR count). The number of nitrogens with two attached hydrogens (primary N) is 1. The number of nitrogens with zero attached hydrogens (tertiary/aromatic N) is 2. The SMILES string of the molecule is CCn1cc(CC(N)c2cc(F)cc(F)c2)cn1. The molecule has 0 aliphatic rings. The Hall–Kier alpha value is -1.75. The van der Waals surface area contributed by atoms with E-state index < -0.39 is 17.7 Å². The molecule has 0 aliphatic heterocycles. The molecule has 0 saturated carbocycles. The fourth-order valence-corrected chi connectivity index (χ4v) is 1.85. The van der Waals surface area contributed by atoms with Gasteiger partial charge in [-0.2, -0.15) is 5.10 Å². The molecule has 0 aliphatic carbocycles. The van der Waals surface area contributed by atoms with Crippen molar-refractivity contribution >= 4 is 0 Å². The molecule has 0 saturated heterocycles. The molecule has 96 valence electrons. The summed E-state index contributed by atoms with van der Waals surface area (Å²) in [5, 5.41) is 4.13. The highest BCUT2D eigenvalue weighted by atomic mass is 19.1. The summed E-state index contributed by atoms with van der Waals surface area (Å²) < 4.78 is 27.9. The molecular weight excluding hydrogens is 236 g/mol. The first kappa shape index (κ1) is 12.7. The van der Waals surface area contributed by atoms with Gasteiger partial charge in [0.2, 0.25) is 0 Å². The molecule has 2 aromatic rings. The minimum absolute atomic E-state index is 0.440. The average Bonchev–Trinajstić information content (AvgIpc) is 2.75. The summed E-state index contributed by atoms with van der Waals surface area (Å²) in [6.45, 7) is 2.77. The number of aromatic nitrogens is 2. The molecule has 0 bridgehead atoms. The summed E-state index contributed by atoms with van der Waals surface area (Å²) in [6, 6.07) is 2.92. The van der Waals surface area contributed by atoms with E-state index in [4.69, 9.17) is 5.73 Å². The van der Waals surface area contributed by atoms with E-state index in [9.17, 15) is 8.78 Å². The Morgan fingerprint density at radius 3 is 2.50 bits per heavy atom. The minimum Gasteiger partial charge on any atom is -0.324 e. The van der Waals surface area contributed by atoms with Gasteiger partial charge in [-0.25, -0.2) is 8.78 Å². The van der Waals surface area contributed by atoms with Crippen molar-refractivity contribution in [1.82, 2.24) is 9.78 Å². The smallest absolute Gasteiger partial charge is 0.126 e. The Morgan fingerprint density at radius 2 is 1.94 bits per heavy atom. The van der Waals surface area contributed by atoms with E-state index in [0.29, 0.717) is 12.0 Å². The molecule has 1 aromatic carbocycles. The van der Waals surface area contributed by atoms with E-state index in [2.05, 4.69) is 5.10 Å². The van der Waals surface area contributed by atoms with Crippen LogP contribution in [0.1, 0.15) is 24.1 Å². The van der Waals surface area contributed by atoms with Crippen LogP contribution in [0.15, 0.2) is 30.6 Å². The fraction of sp³-hybridized carbons (Fsp3) is 0.308. The van der Waals surface area contributed by atoms with Gasteiger partial charge in [0, 0.05) is 24.8 Å². The maximum Gasteiger partial charge on any atom is 0.126 e. The maximum atomic E-state index is 13.1. The van der Waals surface area contributed by atoms with Crippen LogP contribution in [0, 0.1) is 11.6 Å². The van der Waals surface area contributed by atoms with Crippen LogP contribution in [0.2, 0.25) is 0 Å². The van der Waals surface area contributed by atoms with Crippen molar-refractivity contribution in [3.05, 3.63) is 53.4 Å². The predicted octanol–water partition coefficient (Wildman–Crippen LogP) is 2.42. The second-order valence-corrected chi connectivity index (χ2v) is 4.22. The Labute approximate surface area is 104 Å². The van der Waals surface area contributed by atoms with Crippen LogP contribution in [-0.2, 0) is 13.0 Å². The zero-order valence-electron chi connectivity index (χ0n) is 10.1. The van der Waals surface area contributed by atoms with E-state index >= 15 is 0 Å². The van der Waals surface area contributed by atoms with Crippen LogP contribution in [0.3, 0.4) is 0 Å². The van der Waals surface area contributed by atoms with Crippen LogP contribution >= 0.6 is 0 Å². The van der Waals surface area contributed by atoms with E-state index in [1.807, 2.05) is 13.1 Å². The van der Waals surface area contributed by atoms with Gasteiger partial charge in [0.15, 0.2) is 0 Å². The summed E-state index contributed by atoms with van der Waals surface area (Å²) in [4.78, 5) is 0. The summed E-state index contributed by atoms with van der Waals surface area (Å²) >= 11 is 0. The van der Waals surface area contributed by atoms with Gasteiger partial charge < -0.3 is 5.73 Å². The number of benzene rings is 1. The van der Waals surface area contributed by atoms with Crippen molar-refractivity contribution in [3.8, 4) is 0 Å². The number of hydrogen-bond donors (Lipinski definition) is 1. The third-order valence-corrected chi connectivity index (χ3v) is 2.78. The molecule has 1 unspecified atom stereocenters. The van der Waals surface area contributed by atoms with Crippen molar-refractivity contribution in [2.45, 2.75) is 25.9 Å². The van der Waals surface area contributed by atoms with Crippen molar-refractivity contribution in [2.75, 3.05) is 0 Å². The number of aryl methyl sites for hydroxylation is 1. The Kier molecular flexibility index (Phi) is 3.72. The van der Waals surface area contributed by atoms with E-state index in [-0.39, 0.29) is 0 Å². The van der Waals surface area contributed by atoms with Crippen molar-refractivity contribution in [2.24, 2.45) is 5.73 Å². The van der Waals surface area contributed by atoms with Gasteiger partial charge in [0.05, 0.1) is 6.20 Å². The lowest BCUT2D eigenvalue weighted by Gasteiger charge is -2.11. The quantitative estimate of drug-likeness (QED) is 0.907. The summed E-state index contributed by atoms with van der Waals surface area (Å²) in [5.41, 5.74) is 7.35. The molecule has 1 heterocycles. The summed E-state index contributed by atoms with van der Waals surface area (Å²) in [6.07, 6.45) is 4.11. The average molecular weight is 251 g/mol. The zero-order valence-corrected chi connectivity index (χ0v) is 10.1. The second kappa shape index (κ2) is 5.27. The van der Waals surface area contributed by atoms with Crippen LogP contribution in [0.4, 0.5) is 8.78 Å². The lowest BCUT2D eigenvalue weighted by atomic mass is 10.0. The molecule has 0 fully saturated rings. The van der Waals surface area contributed by atoms with Gasteiger partial charge >= 0.3 is 0 Å². The van der Waals surface area contributed by atoms with Crippen molar-refractivity contribution < 1.29 is 8.78 Å². The molecule has 3 nitrogen and oxygen atoms in total. The number of hydrogen-bond acceptors (Lipinski definition) is 2. The molecule has 1 aromatic heterocycles. The molecule has 1 atom stereocenters. The number of halogens is 2. The Bertz CT molecular complexity index is 517. The second-order valence-electron chi connectivity index (χ2n) is 4.22. The third kappa shape index (κ3) is 2.92. The van der Waals surface area contributed by atoms with Crippen molar-refractivity contribution in [1.29, 1.82) is 0 Å². The normalized spacial score (nSPS) is 12.7. The maximum absolute atomic E-state index is 13.1. The van der Waals surface area contributed by atoms with E-state index in [1.54, 1.807) is 10.9 Å². The molecule has 0 amide bonds. The highest BCUT2D eigenvalue weighted by Gasteiger charge is 2.11. The van der Waals surface area contributed by atoms with Gasteiger partial charge in [0.25, 0.3) is 0 Å². The molecular formula is C13H15F2N3. The van der Waals surface area contributed by atoms with Gasteiger partial charge in [-0.1, -0.05) is 0 Å². The number of rotatable bonds is 4. The van der Waals surface area contributed by atoms with Crippen LogP contribution in [0.5, 0.6) is 0 Å². The highest BCUT2D eigenvalue weighted by Crippen LogP contribution is 2.18. The topological polar surface area (TPSA) is 43.8 Å². The Balaban J connectivity index is 2.13. The third-order valence-electron chi connectivity index (χ3n) is 2.78. The van der Waals surface area contributed by atoms with Crippen molar-refractivity contribution in [3.63, 3.8) is 0 Å². The molecule has 0 spiro atoms. The lowest BCUT2D eigenvalue weighted by Crippen LogP contribution is -2.13. The fourth-order valence-electron chi connectivity index (χ4n) is 1.85. The molecule has 18 heavy (non-hydrogen) atoms. The van der Waals surface area contributed by atoms with Crippen LogP contribution in [0.25, 0.3) is 0 Å². The first-order chi connectivity index (χ1) is 8.58. The van der Waals surface area contributed by atoms with Gasteiger partial charge in [-0.15, -0.1) is 0 Å². The van der Waals surface area contributed by atoms with Gasteiger partial charge in [0.1, 0.15) is 11.6 Å². The summed E-state index contributed by atoms with van der Waals surface area (Å²) in [5.74, 6) is -1.21. The van der Waals surface area contributed by atoms with E-state index in [0.717, 1.165) is 18.2 Å². The van der Waals surface area contributed by atoms with Gasteiger partial charge in [-0.05, 0) is 36.6 Å². The lowest BCUT2D eigenvalue weighted by molar-refractivity contribution is 0.572. The summed E-state index contributed by atoms with van der Waals surface area (Å²) in [7, 11) is 0. The first-order valence-corrected chi connectivity index (χ1v) is 5.81. The Morgan fingerprint density at radius 1 is 1.28 bits per heavy atom. The monoisotopic (exact) mass is 251 g/mol. The molecule has 5 heteroatoms. The largest absolute Gasteiger partial charge is 0.324 e. The van der Waals surface area contributed by atoms with E-state index in [1.165, 1.54) is 12.1 Å². The zero-order chi connectivity index (χ0) is 13.1. The van der Waals surface area contributed by atoms with Crippen LogP contribution in [-0.4, -0.2) is 9.78 Å². The minimum atomic E-state index is -0.607. The predicted molar refractivity (Wildman–Crippen MR) is 64.9 cm³/mol. The standard InChI is InChI=1S/C13H15F2N3/c1-2-18-8-9(7-17-18)3-13(16)10-4-11(14)6-12(15)5-10/h4-8,13H,2-3,16H2,1H3. The van der Waals surface area contributed by atoms with Crippen LogP contribution < -0.4 is 5.73 Å².